The van der Waals surface area contributed by atoms with Gasteiger partial charge >= 0.3 is 0 Å². The normalized spacial score (nSPS) is 18.7. The van der Waals surface area contributed by atoms with Gasteiger partial charge < -0.3 is 0 Å². The van der Waals surface area contributed by atoms with Gasteiger partial charge in [0.25, 0.3) is 0 Å². The molecule has 0 heterocycles. The zero-order valence-corrected chi connectivity index (χ0v) is 19.3. The summed E-state index contributed by atoms with van der Waals surface area (Å²) in [6.45, 7) is 0. The molecule has 0 aromatic heterocycles. The Balaban J connectivity index is 4.44. The third kappa shape index (κ3) is 11.1. The van der Waals surface area contributed by atoms with Gasteiger partial charge in [-0.1, -0.05) is 0 Å². The Hall–Kier alpha value is 2.45. The van der Waals surface area contributed by atoms with Crippen molar-refractivity contribution in [2.24, 2.45) is 11.8 Å². The molecule has 0 bridgehead atoms. The van der Waals surface area contributed by atoms with Crippen LogP contribution in [0.4, 0.5) is 0 Å². The second kappa shape index (κ2) is 15.7. The molecule has 0 N–H and O–H groups in total. The van der Waals surface area contributed by atoms with Crippen LogP contribution in [0.25, 0.3) is 0 Å². The fourth-order valence-electron chi connectivity index (χ4n) is 2.62. The third-order valence-corrected chi connectivity index (χ3v) is 7.33. The molecule has 22 heavy (non-hydrogen) atoms. The zero-order chi connectivity index (χ0) is 17.0. The molecule has 0 saturated carbocycles. The quantitative estimate of drug-likeness (QED) is 0.179. The number of rotatable bonds is 14. The Morgan fingerprint density at radius 2 is 0.955 bits per heavy atom. The van der Waals surface area contributed by atoms with Crippen molar-refractivity contribution in [1.82, 2.24) is 0 Å². The molecule has 0 aliphatic rings. The van der Waals surface area contributed by atoms with E-state index in [9.17, 15) is 0 Å². The molecule has 0 radical (unpaired) electrons. The topological polar surface area (TPSA) is 0 Å². The largest absolute Gasteiger partial charge is 0.179 e. The van der Waals surface area contributed by atoms with E-state index in [1.807, 2.05) is 0 Å². The Morgan fingerprint density at radius 3 is 1.23 bits per heavy atom. The SMILES string of the molecule is SCCCC(S)CC(CS)C(S)C(CS)CC(S)CCCS. The van der Waals surface area contributed by atoms with Gasteiger partial charge in [-0.05, 0) is 73.4 Å². The highest BCUT2D eigenvalue weighted by Gasteiger charge is 2.27. The van der Waals surface area contributed by atoms with Crippen molar-refractivity contribution in [3.63, 3.8) is 0 Å². The van der Waals surface area contributed by atoms with E-state index < -0.39 is 0 Å². The average molecular weight is 437 g/mol. The lowest BCUT2D eigenvalue weighted by molar-refractivity contribution is 0.392. The first-order chi connectivity index (χ1) is 10.5. The van der Waals surface area contributed by atoms with E-state index in [1.165, 1.54) is 0 Å². The van der Waals surface area contributed by atoms with Crippen LogP contribution in [-0.4, -0.2) is 38.8 Å². The monoisotopic (exact) mass is 436 g/mol. The smallest absolute Gasteiger partial charge is 0.00897 e. The van der Waals surface area contributed by atoms with Crippen LogP contribution in [0.3, 0.4) is 0 Å². The van der Waals surface area contributed by atoms with Crippen LogP contribution in [-0.2, 0) is 0 Å². The molecule has 0 spiro atoms. The lowest BCUT2D eigenvalue weighted by atomic mass is 9.88. The predicted molar refractivity (Wildman–Crippen MR) is 128 cm³/mol. The van der Waals surface area contributed by atoms with Gasteiger partial charge in [0, 0.05) is 15.7 Å². The molecule has 0 aliphatic carbocycles. The first kappa shape index (κ1) is 24.5. The minimum absolute atomic E-state index is 0.311. The Morgan fingerprint density at radius 1 is 0.591 bits per heavy atom. The second-order valence-electron chi connectivity index (χ2n) is 5.89. The first-order valence-electron chi connectivity index (χ1n) is 7.97. The van der Waals surface area contributed by atoms with Gasteiger partial charge in [0.2, 0.25) is 0 Å². The van der Waals surface area contributed by atoms with Gasteiger partial charge in [-0.25, -0.2) is 0 Å². The summed E-state index contributed by atoms with van der Waals surface area (Å²) in [5, 5.41) is 1.14. The molecular formula is C15H32S7. The van der Waals surface area contributed by atoms with Crippen LogP contribution >= 0.6 is 88.4 Å². The van der Waals surface area contributed by atoms with Crippen LogP contribution in [0.2, 0.25) is 0 Å². The van der Waals surface area contributed by atoms with Gasteiger partial charge in [0.1, 0.15) is 0 Å². The Bertz CT molecular complexity index is 228. The molecule has 0 aliphatic heterocycles. The first-order valence-corrected chi connectivity index (χ1v) is 12.1. The average Bonchev–Trinajstić information content (AvgIpc) is 2.52. The summed E-state index contributed by atoms with van der Waals surface area (Å²) in [5.74, 6) is 4.50. The predicted octanol–water partition coefficient (Wildman–Crippen LogP) is 5.17. The zero-order valence-electron chi connectivity index (χ0n) is 13.1. The lowest BCUT2D eigenvalue weighted by Gasteiger charge is -2.31. The standard InChI is InChI=1S/C15H32S7/c16-5-1-3-13(20)7-11(9-18)15(22)12(10-19)8-14(21)4-2-6-17/h11-22H,1-10H2. The molecule has 0 fully saturated rings. The molecule has 0 nitrogen and oxygen atoms in total. The van der Waals surface area contributed by atoms with E-state index in [1.54, 1.807) is 0 Å². The number of thiol groups is 7. The summed E-state index contributed by atoms with van der Waals surface area (Å²) in [4.78, 5) is 0. The summed E-state index contributed by atoms with van der Waals surface area (Å²) in [5.41, 5.74) is 0. The van der Waals surface area contributed by atoms with E-state index in [-0.39, 0.29) is 0 Å². The summed E-state index contributed by atoms with van der Waals surface area (Å²) in [6.07, 6.45) is 6.58. The molecular weight excluding hydrogens is 405 g/mol. The van der Waals surface area contributed by atoms with E-state index in [2.05, 4.69) is 50.5 Å². The van der Waals surface area contributed by atoms with Gasteiger partial charge in [-0.15, -0.1) is 0 Å². The van der Waals surface area contributed by atoms with Crippen LogP contribution in [0, 0.1) is 11.8 Å². The molecule has 0 rings (SSSR count). The van der Waals surface area contributed by atoms with Crippen molar-refractivity contribution in [3.8, 4) is 0 Å². The van der Waals surface area contributed by atoms with E-state index in [0.717, 1.165) is 61.5 Å². The van der Waals surface area contributed by atoms with E-state index in [0.29, 0.717) is 27.6 Å². The van der Waals surface area contributed by atoms with Crippen molar-refractivity contribution in [3.05, 3.63) is 0 Å². The van der Waals surface area contributed by atoms with Crippen LogP contribution in [0.1, 0.15) is 38.5 Å². The molecule has 4 atom stereocenters. The Labute approximate surface area is 176 Å². The maximum Gasteiger partial charge on any atom is 0.00897 e. The summed E-state index contributed by atoms with van der Waals surface area (Å²) >= 11 is 32.0. The van der Waals surface area contributed by atoms with Crippen LogP contribution in [0.5, 0.6) is 0 Å². The summed E-state index contributed by atoms with van der Waals surface area (Å²) in [7, 11) is 0. The van der Waals surface area contributed by atoms with Crippen molar-refractivity contribution in [2.45, 2.75) is 54.3 Å². The molecule has 0 aromatic rings. The van der Waals surface area contributed by atoms with Crippen molar-refractivity contribution in [1.29, 1.82) is 0 Å². The van der Waals surface area contributed by atoms with Gasteiger partial charge in [0.05, 0.1) is 0 Å². The van der Waals surface area contributed by atoms with Crippen LogP contribution < -0.4 is 0 Å². The highest BCUT2D eigenvalue weighted by atomic mass is 32.1. The summed E-state index contributed by atoms with van der Waals surface area (Å²) in [6, 6.07) is 0. The Kier molecular flexibility index (Phi) is 17.4. The molecule has 4 unspecified atom stereocenters. The maximum atomic E-state index is 4.92. The molecule has 7 heteroatoms. The fraction of sp³-hybridized carbons (Fsp3) is 1.00. The van der Waals surface area contributed by atoms with Crippen molar-refractivity contribution in [2.75, 3.05) is 23.0 Å². The molecule has 0 saturated heterocycles. The molecule has 0 amide bonds. The molecule has 134 valence electrons. The maximum absolute atomic E-state index is 4.92. The van der Waals surface area contributed by atoms with Gasteiger partial charge in [-0.3, -0.25) is 0 Å². The van der Waals surface area contributed by atoms with Gasteiger partial charge in [0.15, 0.2) is 0 Å². The van der Waals surface area contributed by atoms with Crippen LogP contribution in [0.15, 0.2) is 0 Å². The minimum Gasteiger partial charge on any atom is -0.179 e. The fourth-order valence-corrected chi connectivity index (χ4v) is 5.43. The van der Waals surface area contributed by atoms with Crippen molar-refractivity contribution >= 4 is 88.4 Å². The number of hydrogen-bond acceptors (Lipinski definition) is 7. The van der Waals surface area contributed by atoms with E-state index in [4.69, 9.17) is 37.9 Å². The van der Waals surface area contributed by atoms with Gasteiger partial charge in [-0.2, -0.15) is 88.4 Å². The second-order valence-corrected chi connectivity index (χ2v) is 9.57. The minimum atomic E-state index is 0.311. The summed E-state index contributed by atoms with van der Waals surface area (Å²) < 4.78 is 0. The number of hydrogen-bond donors (Lipinski definition) is 7. The van der Waals surface area contributed by atoms with Crippen molar-refractivity contribution < 1.29 is 0 Å². The van der Waals surface area contributed by atoms with E-state index >= 15 is 0 Å². The lowest BCUT2D eigenvalue weighted by Crippen LogP contribution is -2.31. The molecule has 0 aromatic carbocycles. The highest BCUT2D eigenvalue weighted by molar-refractivity contribution is 7.82. The third-order valence-electron chi connectivity index (χ3n) is 3.98. The highest BCUT2D eigenvalue weighted by Crippen LogP contribution is 2.32.